The van der Waals surface area contributed by atoms with E-state index in [9.17, 15) is 10.1 Å². The van der Waals surface area contributed by atoms with Gasteiger partial charge in [0.2, 0.25) is 0 Å². The maximum atomic E-state index is 10.4. The monoisotopic (exact) mass is 206 g/mol. The van der Waals surface area contributed by atoms with Crippen molar-refractivity contribution in [2.75, 3.05) is 18.0 Å². The van der Waals surface area contributed by atoms with Gasteiger partial charge in [-0.05, 0) is 25.3 Å². The van der Waals surface area contributed by atoms with Gasteiger partial charge in [-0.1, -0.05) is 0 Å². The standard InChI is InChI=1S/C10H12N3O2/c14-13(15)9-4-5-10(11-8-9)12-6-2-1-3-7-12/h2,4-5,8H,1,3,6-7H2. The summed E-state index contributed by atoms with van der Waals surface area (Å²) in [5, 5.41) is 10.4. The zero-order chi connectivity index (χ0) is 10.7. The normalized spacial score (nSPS) is 16.4. The molecule has 1 aromatic heterocycles. The Labute approximate surface area is 87.9 Å². The number of hydrogen-bond acceptors (Lipinski definition) is 4. The predicted molar refractivity (Wildman–Crippen MR) is 56.6 cm³/mol. The molecule has 0 aliphatic carbocycles. The summed E-state index contributed by atoms with van der Waals surface area (Å²) in [5.74, 6) is 0.816. The van der Waals surface area contributed by atoms with Crippen molar-refractivity contribution in [3.8, 4) is 0 Å². The largest absolute Gasteiger partial charge is 0.356 e. The van der Waals surface area contributed by atoms with Gasteiger partial charge in [-0.2, -0.15) is 0 Å². The van der Waals surface area contributed by atoms with E-state index < -0.39 is 4.92 Å². The molecule has 1 radical (unpaired) electrons. The Kier molecular flexibility index (Phi) is 2.80. The van der Waals surface area contributed by atoms with Crippen molar-refractivity contribution in [2.45, 2.75) is 12.8 Å². The van der Waals surface area contributed by atoms with Gasteiger partial charge >= 0.3 is 0 Å². The summed E-state index contributed by atoms with van der Waals surface area (Å²) < 4.78 is 0. The van der Waals surface area contributed by atoms with E-state index in [1.165, 1.54) is 12.3 Å². The van der Waals surface area contributed by atoms with Crippen molar-refractivity contribution in [3.05, 3.63) is 34.9 Å². The van der Waals surface area contributed by atoms with Gasteiger partial charge in [0, 0.05) is 19.2 Å². The average Bonchev–Trinajstić information content (AvgIpc) is 2.30. The van der Waals surface area contributed by atoms with Gasteiger partial charge in [-0.15, -0.1) is 0 Å². The molecule has 0 bridgehead atoms. The Hall–Kier alpha value is -1.65. The van der Waals surface area contributed by atoms with E-state index in [-0.39, 0.29) is 5.69 Å². The Morgan fingerprint density at radius 1 is 1.47 bits per heavy atom. The lowest BCUT2D eigenvalue weighted by Crippen LogP contribution is -2.30. The third-order valence-electron chi connectivity index (χ3n) is 2.45. The number of aromatic nitrogens is 1. The number of hydrogen-bond donors (Lipinski definition) is 0. The summed E-state index contributed by atoms with van der Waals surface area (Å²) >= 11 is 0. The van der Waals surface area contributed by atoms with Crippen LogP contribution in [0.1, 0.15) is 12.8 Å². The molecule has 1 aromatic rings. The summed E-state index contributed by atoms with van der Waals surface area (Å²) in [6.07, 6.45) is 5.78. The summed E-state index contributed by atoms with van der Waals surface area (Å²) in [6, 6.07) is 3.20. The summed E-state index contributed by atoms with van der Waals surface area (Å²) in [5.41, 5.74) is 0.0414. The second-order valence-electron chi connectivity index (χ2n) is 3.51. The molecule has 15 heavy (non-hydrogen) atoms. The molecular formula is C10H12N3O2. The molecule has 5 nitrogen and oxygen atoms in total. The first-order valence-corrected chi connectivity index (χ1v) is 4.94. The van der Waals surface area contributed by atoms with Crippen molar-refractivity contribution in [1.82, 2.24) is 4.98 Å². The lowest BCUT2D eigenvalue weighted by Gasteiger charge is -2.27. The van der Waals surface area contributed by atoms with Gasteiger partial charge in [-0.25, -0.2) is 4.98 Å². The molecule has 1 saturated heterocycles. The predicted octanol–water partition coefficient (Wildman–Crippen LogP) is 1.79. The number of piperidine rings is 1. The number of nitrogens with zero attached hydrogens (tertiary/aromatic N) is 3. The van der Waals surface area contributed by atoms with Crippen LogP contribution < -0.4 is 4.90 Å². The Balaban J connectivity index is 2.11. The van der Waals surface area contributed by atoms with Gasteiger partial charge in [0.1, 0.15) is 12.0 Å². The van der Waals surface area contributed by atoms with Gasteiger partial charge < -0.3 is 4.90 Å². The topological polar surface area (TPSA) is 59.3 Å². The quantitative estimate of drug-likeness (QED) is 0.546. The molecule has 0 saturated carbocycles. The summed E-state index contributed by atoms with van der Waals surface area (Å²) in [6.45, 7) is 1.85. The van der Waals surface area contributed by atoms with E-state index in [4.69, 9.17) is 0 Å². The van der Waals surface area contributed by atoms with Gasteiger partial charge in [0.25, 0.3) is 5.69 Å². The molecule has 2 rings (SSSR count). The molecule has 79 valence electrons. The molecular weight excluding hydrogens is 194 g/mol. The second kappa shape index (κ2) is 4.25. The zero-order valence-corrected chi connectivity index (χ0v) is 8.30. The minimum absolute atomic E-state index is 0.0414. The summed E-state index contributed by atoms with van der Waals surface area (Å²) in [4.78, 5) is 16.2. The smallest absolute Gasteiger partial charge is 0.287 e. The molecule has 0 atom stereocenters. The average molecular weight is 206 g/mol. The van der Waals surface area contributed by atoms with Crippen LogP contribution in [-0.4, -0.2) is 23.0 Å². The number of anilines is 1. The zero-order valence-electron chi connectivity index (χ0n) is 8.30. The molecule has 0 amide bonds. The molecule has 0 unspecified atom stereocenters. The van der Waals surface area contributed by atoms with Crippen LogP contribution in [0.25, 0.3) is 0 Å². The third-order valence-corrected chi connectivity index (χ3v) is 2.45. The second-order valence-corrected chi connectivity index (χ2v) is 3.51. The van der Waals surface area contributed by atoms with Crippen LogP contribution in [0.2, 0.25) is 0 Å². The minimum atomic E-state index is -0.431. The molecule has 2 heterocycles. The van der Waals surface area contributed by atoms with Crippen molar-refractivity contribution in [2.24, 2.45) is 0 Å². The lowest BCUT2D eigenvalue weighted by atomic mass is 10.1. The van der Waals surface area contributed by atoms with Crippen molar-refractivity contribution >= 4 is 11.5 Å². The van der Waals surface area contributed by atoms with Crippen LogP contribution in [0.5, 0.6) is 0 Å². The van der Waals surface area contributed by atoms with E-state index in [0.29, 0.717) is 0 Å². The lowest BCUT2D eigenvalue weighted by molar-refractivity contribution is -0.385. The van der Waals surface area contributed by atoms with Crippen LogP contribution in [-0.2, 0) is 0 Å². The van der Waals surface area contributed by atoms with Crippen LogP contribution in [0.3, 0.4) is 0 Å². The first-order valence-electron chi connectivity index (χ1n) is 4.94. The highest BCUT2D eigenvalue weighted by atomic mass is 16.6. The fourth-order valence-electron chi connectivity index (χ4n) is 1.65. The van der Waals surface area contributed by atoms with E-state index in [1.807, 2.05) is 0 Å². The van der Waals surface area contributed by atoms with Gasteiger partial charge in [0.05, 0.1) is 4.92 Å². The fourth-order valence-corrected chi connectivity index (χ4v) is 1.65. The van der Waals surface area contributed by atoms with Crippen molar-refractivity contribution < 1.29 is 4.92 Å². The van der Waals surface area contributed by atoms with E-state index >= 15 is 0 Å². The highest BCUT2D eigenvalue weighted by Crippen LogP contribution is 2.19. The Bertz CT molecular complexity index is 344. The van der Waals surface area contributed by atoms with Gasteiger partial charge in [0.15, 0.2) is 0 Å². The molecule has 1 fully saturated rings. The van der Waals surface area contributed by atoms with Crippen LogP contribution >= 0.6 is 0 Å². The highest BCUT2D eigenvalue weighted by Gasteiger charge is 2.13. The first kappa shape index (κ1) is 9.89. The minimum Gasteiger partial charge on any atom is -0.356 e. The van der Waals surface area contributed by atoms with Crippen molar-refractivity contribution in [3.63, 3.8) is 0 Å². The first-order chi connectivity index (χ1) is 7.27. The SMILES string of the molecule is O=[N+]([O-])c1ccc(N2C[CH]CCC2)nc1. The molecule has 0 aromatic carbocycles. The molecule has 5 heteroatoms. The van der Waals surface area contributed by atoms with E-state index in [0.717, 1.165) is 31.7 Å². The van der Waals surface area contributed by atoms with E-state index in [2.05, 4.69) is 16.3 Å². The maximum absolute atomic E-state index is 10.4. The number of nitro groups is 1. The van der Waals surface area contributed by atoms with Crippen LogP contribution in [0.15, 0.2) is 18.3 Å². The molecule has 1 aliphatic rings. The Morgan fingerprint density at radius 2 is 2.33 bits per heavy atom. The number of pyridine rings is 1. The molecule has 0 N–H and O–H groups in total. The highest BCUT2D eigenvalue weighted by molar-refractivity contribution is 5.43. The molecule has 1 aliphatic heterocycles. The molecule has 0 spiro atoms. The van der Waals surface area contributed by atoms with Crippen LogP contribution in [0, 0.1) is 16.5 Å². The maximum Gasteiger partial charge on any atom is 0.287 e. The fraction of sp³-hybridized carbons (Fsp3) is 0.400. The Morgan fingerprint density at radius 3 is 2.87 bits per heavy atom. The third kappa shape index (κ3) is 2.23. The van der Waals surface area contributed by atoms with Crippen LogP contribution in [0.4, 0.5) is 11.5 Å². The van der Waals surface area contributed by atoms with E-state index in [1.54, 1.807) is 6.07 Å². The number of rotatable bonds is 2. The van der Waals surface area contributed by atoms with Crippen molar-refractivity contribution in [1.29, 1.82) is 0 Å². The van der Waals surface area contributed by atoms with Gasteiger partial charge in [-0.3, -0.25) is 10.1 Å². The summed E-state index contributed by atoms with van der Waals surface area (Å²) in [7, 11) is 0.